The molecule has 2 fully saturated rings. The van der Waals surface area contributed by atoms with Crippen molar-refractivity contribution in [2.24, 2.45) is 0 Å². The average Bonchev–Trinajstić information content (AvgIpc) is 2.88. The van der Waals surface area contributed by atoms with E-state index in [4.69, 9.17) is 4.74 Å². The van der Waals surface area contributed by atoms with Gasteiger partial charge in [0.15, 0.2) is 0 Å². The number of ether oxygens (including phenoxy) is 1. The van der Waals surface area contributed by atoms with E-state index in [2.05, 4.69) is 17.3 Å². The molecule has 2 saturated heterocycles. The van der Waals surface area contributed by atoms with Gasteiger partial charge >= 0.3 is 0 Å². The number of likely N-dealkylation sites (N-methyl/N-ethyl adjacent to an activating group) is 1. The van der Waals surface area contributed by atoms with Crippen molar-refractivity contribution in [3.63, 3.8) is 0 Å². The van der Waals surface area contributed by atoms with Crippen LogP contribution in [0.3, 0.4) is 0 Å². The Morgan fingerprint density at radius 1 is 1.37 bits per heavy atom. The first-order valence-corrected chi connectivity index (χ1v) is 7.41. The summed E-state index contributed by atoms with van der Waals surface area (Å²) in [5.74, 6) is 0.264. The first-order valence-electron chi connectivity index (χ1n) is 7.41. The predicted molar refractivity (Wildman–Crippen MR) is 75.1 cm³/mol. The summed E-state index contributed by atoms with van der Waals surface area (Å²) in [5, 5.41) is 3.36. The Hall–Kier alpha value is -0.650. The van der Waals surface area contributed by atoms with Gasteiger partial charge in [-0.25, -0.2) is 0 Å². The molecule has 0 aromatic carbocycles. The highest BCUT2D eigenvalue weighted by atomic mass is 16.5. The van der Waals surface area contributed by atoms with Crippen LogP contribution in [0.2, 0.25) is 0 Å². The molecule has 2 aliphatic heterocycles. The van der Waals surface area contributed by atoms with Crippen LogP contribution in [0, 0.1) is 0 Å². The van der Waals surface area contributed by atoms with Gasteiger partial charge in [-0.1, -0.05) is 0 Å². The normalized spacial score (nSPS) is 25.2. The molecule has 2 heterocycles. The fourth-order valence-electron chi connectivity index (χ4n) is 3.21. The minimum Gasteiger partial charge on any atom is -0.383 e. The summed E-state index contributed by atoms with van der Waals surface area (Å²) in [5.41, 5.74) is 0. The summed E-state index contributed by atoms with van der Waals surface area (Å²) in [4.78, 5) is 16.6. The summed E-state index contributed by atoms with van der Waals surface area (Å²) in [7, 11) is 3.79. The Bertz CT molecular complexity index is 292. The Balaban J connectivity index is 1.82. The van der Waals surface area contributed by atoms with E-state index in [9.17, 15) is 4.79 Å². The maximum Gasteiger partial charge on any atom is 0.237 e. The van der Waals surface area contributed by atoms with Crippen molar-refractivity contribution in [1.82, 2.24) is 15.1 Å². The Morgan fingerprint density at radius 2 is 2.11 bits per heavy atom. The summed E-state index contributed by atoms with van der Waals surface area (Å²) in [6.07, 6.45) is 4.48. The molecular weight excluding hydrogens is 242 g/mol. The second-order valence-corrected chi connectivity index (χ2v) is 5.73. The molecule has 0 aromatic rings. The zero-order valence-corrected chi connectivity index (χ0v) is 12.2. The second kappa shape index (κ2) is 7.22. The fraction of sp³-hybridized carbons (Fsp3) is 0.929. The fourth-order valence-corrected chi connectivity index (χ4v) is 3.21. The molecular formula is C14H27N3O2. The van der Waals surface area contributed by atoms with Gasteiger partial charge < -0.3 is 15.0 Å². The number of hydrogen-bond donors (Lipinski definition) is 1. The van der Waals surface area contributed by atoms with Gasteiger partial charge in [0.2, 0.25) is 5.91 Å². The molecule has 0 unspecified atom stereocenters. The molecule has 0 bridgehead atoms. The number of likely N-dealkylation sites (tertiary alicyclic amines) is 1. The third kappa shape index (κ3) is 3.91. The Morgan fingerprint density at radius 3 is 2.79 bits per heavy atom. The van der Waals surface area contributed by atoms with Gasteiger partial charge in [0, 0.05) is 19.7 Å². The molecule has 0 spiro atoms. The van der Waals surface area contributed by atoms with Crippen molar-refractivity contribution in [2.75, 3.05) is 46.9 Å². The van der Waals surface area contributed by atoms with Crippen LogP contribution in [0.15, 0.2) is 0 Å². The number of piperidine rings is 1. The molecule has 0 aliphatic carbocycles. The summed E-state index contributed by atoms with van der Waals surface area (Å²) < 4.78 is 5.21. The van der Waals surface area contributed by atoms with Gasteiger partial charge in [0.1, 0.15) is 0 Å². The van der Waals surface area contributed by atoms with Crippen molar-refractivity contribution in [1.29, 1.82) is 0 Å². The van der Waals surface area contributed by atoms with E-state index in [1.54, 1.807) is 7.11 Å². The average molecular weight is 269 g/mol. The molecule has 0 saturated carbocycles. The number of methoxy groups -OCH3 is 1. The van der Waals surface area contributed by atoms with Crippen molar-refractivity contribution in [3.8, 4) is 0 Å². The van der Waals surface area contributed by atoms with Crippen LogP contribution in [0.25, 0.3) is 0 Å². The number of carbonyl (C=O) groups is 1. The lowest BCUT2D eigenvalue weighted by atomic mass is 10.1. The van der Waals surface area contributed by atoms with E-state index in [0.29, 0.717) is 25.2 Å². The van der Waals surface area contributed by atoms with E-state index in [1.165, 1.54) is 0 Å². The van der Waals surface area contributed by atoms with E-state index in [-0.39, 0.29) is 5.91 Å². The minimum atomic E-state index is 0.264. The van der Waals surface area contributed by atoms with Crippen LogP contribution in [-0.2, 0) is 9.53 Å². The first-order chi connectivity index (χ1) is 9.22. The highest BCUT2D eigenvalue weighted by Gasteiger charge is 2.30. The summed E-state index contributed by atoms with van der Waals surface area (Å²) in [6.45, 7) is 4.25. The van der Waals surface area contributed by atoms with Crippen LogP contribution in [-0.4, -0.2) is 74.7 Å². The molecule has 1 atom stereocenters. The van der Waals surface area contributed by atoms with Crippen LogP contribution in [0.1, 0.15) is 25.7 Å². The van der Waals surface area contributed by atoms with Crippen LogP contribution in [0.5, 0.6) is 0 Å². The van der Waals surface area contributed by atoms with Gasteiger partial charge in [-0.05, 0) is 45.8 Å². The van der Waals surface area contributed by atoms with E-state index < -0.39 is 0 Å². The summed E-state index contributed by atoms with van der Waals surface area (Å²) in [6, 6.07) is 0.840. The van der Waals surface area contributed by atoms with Crippen molar-refractivity contribution < 1.29 is 9.53 Å². The van der Waals surface area contributed by atoms with Crippen LogP contribution < -0.4 is 5.32 Å². The van der Waals surface area contributed by atoms with E-state index >= 15 is 0 Å². The summed E-state index contributed by atoms with van der Waals surface area (Å²) >= 11 is 0. The predicted octanol–water partition coefficient (Wildman–Crippen LogP) is 0.308. The molecule has 0 aromatic heterocycles. The molecule has 5 nitrogen and oxygen atoms in total. The second-order valence-electron chi connectivity index (χ2n) is 5.73. The zero-order valence-electron chi connectivity index (χ0n) is 12.2. The van der Waals surface area contributed by atoms with Crippen molar-refractivity contribution in [2.45, 2.75) is 37.8 Å². The van der Waals surface area contributed by atoms with Gasteiger partial charge in [-0.3, -0.25) is 9.69 Å². The van der Waals surface area contributed by atoms with Crippen LogP contribution >= 0.6 is 0 Å². The molecule has 5 heteroatoms. The SMILES string of the molecule is COC[C@@H]1CCCN1C(=O)CN(C)C1CCNCC1. The van der Waals surface area contributed by atoms with Gasteiger partial charge in [0.25, 0.3) is 0 Å². The number of amides is 1. The molecule has 1 amide bonds. The van der Waals surface area contributed by atoms with Gasteiger partial charge in [-0.2, -0.15) is 0 Å². The third-order valence-corrected chi connectivity index (χ3v) is 4.37. The molecule has 2 rings (SSSR count). The minimum absolute atomic E-state index is 0.264. The van der Waals surface area contributed by atoms with E-state index in [0.717, 1.165) is 45.3 Å². The highest BCUT2D eigenvalue weighted by Crippen LogP contribution is 2.18. The van der Waals surface area contributed by atoms with Crippen molar-refractivity contribution >= 4 is 5.91 Å². The quantitative estimate of drug-likeness (QED) is 0.780. The van der Waals surface area contributed by atoms with Crippen molar-refractivity contribution in [3.05, 3.63) is 0 Å². The third-order valence-electron chi connectivity index (χ3n) is 4.37. The lowest BCUT2D eigenvalue weighted by molar-refractivity contribution is -0.134. The topological polar surface area (TPSA) is 44.8 Å². The number of carbonyl (C=O) groups excluding carboxylic acids is 1. The molecule has 19 heavy (non-hydrogen) atoms. The number of rotatable bonds is 5. The smallest absolute Gasteiger partial charge is 0.237 e. The monoisotopic (exact) mass is 269 g/mol. The zero-order chi connectivity index (χ0) is 13.7. The van der Waals surface area contributed by atoms with Gasteiger partial charge in [0.05, 0.1) is 19.2 Å². The lowest BCUT2D eigenvalue weighted by Crippen LogP contribution is -2.48. The first kappa shape index (κ1) is 14.8. The highest BCUT2D eigenvalue weighted by molar-refractivity contribution is 5.79. The number of nitrogens with one attached hydrogen (secondary N) is 1. The number of hydrogen-bond acceptors (Lipinski definition) is 4. The Labute approximate surface area is 116 Å². The van der Waals surface area contributed by atoms with Gasteiger partial charge in [-0.15, -0.1) is 0 Å². The number of nitrogens with zero attached hydrogens (tertiary/aromatic N) is 2. The standard InChI is InChI=1S/C14H27N3O2/c1-16(12-5-7-15-8-6-12)10-14(18)17-9-3-4-13(17)11-19-2/h12-13,15H,3-11H2,1-2H3/t13-/m0/s1. The maximum atomic E-state index is 12.4. The maximum absolute atomic E-state index is 12.4. The molecule has 110 valence electrons. The van der Waals surface area contributed by atoms with E-state index in [1.807, 2.05) is 4.90 Å². The molecule has 1 N–H and O–H groups in total. The Kier molecular flexibility index (Phi) is 5.60. The molecule has 2 aliphatic rings. The lowest BCUT2D eigenvalue weighted by Gasteiger charge is -2.33. The molecule has 0 radical (unpaired) electrons. The largest absolute Gasteiger partial charge is 0.383 e. The van der Waals surface area contributed by atoms with Crippen LogP contribution in [0.4, 0.5) is 0 Å².